The van der Waals surface area contributed by atoms with E-state index in [1.807, 2.05) is 20.8 Å². The van der Waals surface area contributed by atoms with Gasteiger partial charge < -0.3 is 20.2 Å². The van der Waals surface area contributed by atoms with Gasteiger partial charge in [-0.1, -0.05) is 6.42 Å². The van der Waals surface area contributed by atoms with Gasteiger partial charge in [0.15, 0.2) is 0 Å². The van der Waals surface area contributed by atoms with Crippen LogP contribution in [0.3, 0.4) is 0 Å². The smallest absolute Gasteiger partial charge is 0.320 e. The Kier molecular flexibility index (Phi) is 12.4. The van der Waals surface area contributed by atoms with Crippen molar-refractivity contribution in [2.45, 2.75) is 52.1 Å². The summed E-state index contributed by atoms with van der Waals surface area (Å²) in [5.74, 6) is -0.917. The van der Waals surface area contributed by atoms with Crippen LogP contribution in [0.5, 0.6) is 0 Å². The number of rotatable bonds is 10. The topological polar surface area (TPSA) is 122 Å². The Morgan fingerprint density at radius 2 is 1.71 bits per heavy atom. The molecule has 0 aromatic carbocycles. The standard InChI is InChI=1S/C12H16N2O4.C7H15NO2/c15-9-7-13-10(16)4-2-1-3-8-14-11(17)5-6-12(14)18;1-7(2,3)10-6(9)5-8-4/h5-6,9H,1-4,7-8H2,(H,13,16);8H,5H2,1-4H3. The minimum atomic E-state index is -0.367. The zero-order valence-corrected chi connectivity index (χ0v) is 17.1. The number of esters is 1. The molecule has 0 spiro atoms. The van der Waals surface area contributed by atoms with Gasteiger partial charge in [0.05, 0.1) is 13.1 Å². The minimum absolute atomic E-state index is 0.0429. The van der Waals surface area contributed by atoms with Gasteiger partial charge >= 0.3 is 5.97 Å². The maximum absolute atomic E-state index is 11.2. The molecule has 0 fully saturated rings. The molecule has 1 aliphatic heterocycles. The van der Waals surface area contributed by atoms with Crippen LogP contribution >= 0.6 is 0 Å². The molecule has 3 amide bonds. The van der Waals surface area contributed by atoms with E-state index in [4.69, 9.17) is 4.74 Å². The average Bonchev–Trinajstić information content (AvgIpc) is 2.90. The first-order valence-corrected chi connectivity index (χ1v) is 9.21. The van der Waals surface area contributed by atoms with Gasteiger partial charge in [-0.15, -0.1) is 0 Å². The Morgan fingerprint density at radius 1 is 1.11 bits per heavy atom. The second kappa shape index (κ2) is 13.6. The summed E-state index contributed by atoms with van der Waals surface area (Å²) in [7, 11) is 1.71. The van der Waals surface area contributed by atoms with Crippen LogP contribution in [0, 0.1) is 0 Å². The van der Waals surface area contributed by atoms with E-state index in [2.05, 4.69) is 10.6 Å². The average molecular weight is 397 g/mol. The molecule has 0 aliphatic carbocycles. The summed E-state index contributed by atoms with van der Waals surface area (Å²) in [6.45, 7) is 6.25. The van der Waals surface area contributed by atoms with Crippen LogP contribution in [0.4, 0.5) is 0 Å². The molecule has 0 atom stereocenters. The third kappa shape index (κ3) is 12.7. The lowest BCUT2D eigenvalue weighted by atomic mass is 10.2. The predicted octanol–water partition coefficient (Wildman–Crippen LogP) is 0.334. The lowest BCUT2D eigenvalue weighted by molar-refractivity contribution is -0.153. The number of likely N-dealkylation sites (N-methyl/N-ethyl adjacent to an activating group) is 1. The van der Waals surface area contributed by atoms with E-state index in [-0.39, 0.29) is 42.4 Å². The zero-order chi connectivity index (χ0) is 21.6. The zero-order valence-electron chi connectivity index (χ0n) is 17.1. The monoisotopic (exact) mass is 397 g/mol. The Bertz CT molecular complexity index is 563. The number of ether oxygens (including phenoxy) is 1. The second-order valence-electron chi connectivity index (χ2n) is 7.06. The van der Waals surface area contributed by atoms with Gasteiger partial charge in [0.2, 0.25) is 5.91 Å². The first kappa shape index (κ1) is 25.4. The summed E-state index contributed by atoms with van der Waals surface area (Å²) in [4.78, 5) is 55.5. The highest BCUT2D eigenvalue weighted by atomic mass is 16.6. The molecule has 158 valence electrons. The van der Waals surface area contributed by atoms with Crippen LogP contribution < -0.4 is 10.6 Å². The predicted molar refractivity (Wildman–Crippen MR) is 103 cm³/mol. The number of amides is 3. The van der Waals surface area contributed by atoms with E-state index in [9.17, 15) is 24.0 Å². The molecule has 1 rings (SSSR count). The molecule has 0 unspecified atom stereocenters. The third-order valence-corrected chi connectivity index (χ3v) is 3.31. The lowest BCUT2D eigenvalue weighted by Crippen LogP contribution is -2.30. The van der Waals surface area contributed by atoms with Gasteiger partial charge in [0.1, 0.15) is 11.9 Å². The number of nitrogens with one attached hydrogen (secondary N) is 2. The van der Waals surface area contributed by atoms with Crippen molar-refractivity contribution in [3.8, 4) is 0 Å². The molecule has 0 aromatic rings. The van der Waals surface area contributed by atoms with Crippen LogP contribution in [0.1, 0.15) is 46.5 Å². The van der Waals surface area contributed by atoms with Crippen molar-refractivity contribution in [1.29, 1.82) is 0 Å². The summed E-state index contributed by atoms with van der Waals surface area (Å²) in [6.07, 6.45) is 5.62. The quantitative estimate of drug-likeness (QED) is 0.236. The fraction of sp³-hybridized carbons (Fsp3) is 0.632. The van der Waals surface area contributed by atoms with Crippen LogP contribution in [0.25, 0.3) is 0 Å². The van der Waals surface area contributed by atoms with Crippen LogP contribution in [-0.2, 0) is 28.7 Å². The van der Waals surface area contributed by atoms with Crippen molar-refractivity contribution >= 4 is 30.0 Å². The molecule has 9 nitrogen and oxygen atoms in total. The van der Waals surface area contributed by atoms with Crippen molar-refractivity contribution in [2.24, 2.45) is 0 Å². The van der Waals surface area contributed by atoms with E-state index in [0.29, 0.717) is 32.1 Å². The van der Waals surface area contributed by atoms with Crippen molar-refractivity contribution < 1.29 is 28.7 Å². The minimum Gasteiger partial charge on any atom is -0.459 e. The molecule has 0 saturated carbocycles. The molecule has 0 radical (unpaired) electrons. The number of carbonyl (C=O) groups is 5. The molecule has 0 bridgehead atoms. The normalized spacial score (nSPS) is 13.1. The Labute approximate surface area is 165 Å². The van der Waals surface area contributed by atoms with Crippen molar-refractivity contribution in [1.82, 2.24) is 15.5 Å². The Balaban J connectivity index is 0.000000621. The molecule has 1 aliphatic rings. The van der Waals surface area contributed by atoms with Gasteiger partial charge in [-0.2, -0.15) is 0 Å². The van der Waals surface area contributed by atoms with E-state index >= 15 is 0 Å². The Hall–Kier alpha value is -2.55. The van der Waals surface area contributed by atoms with Crippen molar-refractivity contribution in [3.63, 3.8) is 0 Å². The van der Waals surface area contributed by atoms with Crippen molar-refractivity contribution in [3.05, 3.63) is 12.2 Å². The van der Waals surface area contributed by atoms with Gasteiger partial charge in [-0.3, -0.25) is 24.1 Å². The van der Waals surface area contributed by atoms with Gasteiger partial charge in [0.25, 0.3) is 11.8 Å². The fourth-order valence-corrected chi connectivity index (χ4v) is 2.15. The highest BCUT2D eigenvalue weighted by Gasteiger charge is 2.22. The summed E-state index contributed by atoms with van der Waals surface area (Å²) in [5.41, 5.74) is -0.367. The van der Waals surface area contributed by atoms with E-state index in [1.54, 1.807) is 7.05 Å². The first-order chi connectivity index (χ1) is 13.1. The van der Waals surface area contributed by atoms with E-state index in [1.165, 1.54) is 17.1 Å². The second-order valence-corrected chi connectivity index (χ2v) is 7.06. The number of nitrogens with zero attached hydrogens (tertiary/aromatic N) is 1. The highest BCUT2D eigenvalue weighted by molar-refractivity contribution is 6.12. The number of hydrogen-bond donors (Lipinski definition) is 2. The van der Waals surface area contributed by atoms with Gasteiger partial charge in [0, 0.05) is 25.1 Å². The molecule has 0 aromatic heterocycles. The van der Waals surface area contributed by atoms with E-state index < -0.39 is 0 Å². The fourth-order valence-electron chi connectivity index (χ4n) is 2.15. The highest BCUT2D eigenvalue weighted by Crippen LogP contribution is 2.07. The SMILES string of the molecule is CNCC(=O)OC(C)(C)C.O=CCNC(=O)CCCCCN1C(=O)C=CC1=O. The largest absolute Gasteiger partial charge is 0.459 e. The number of unbranched alkanes of at least 4 members (excludes halogenated alkanes) is 2. The van der Waals surface area contributed by atoms with Crippen LogP contribution in [0.2, 0.25) is 0 Å². The maximum atomic E-state index is 11.2. The molecule has 9 heteroatoms. The number of hydrogen-bond acceptors (Lipinski definition) is 7. The van der Waals surface area contributed by atoms with E-state index in [0.717, 1.165) is 6.42 Å². The van der Waals surface area contributed by atoms with Crippen molar-refractivity contribution in [2.75, 3.05) is 26.7 Å². The molecular weight excluding hydrogens is 366 g/mol. The number of carbonyl (C=O) groups excluding carboxylic acids is 5. The molecule has 1 heterocycles. The number of imide groups is 1. The first-order valence-electron chi connectivity index (χ1n) is 9.21. The molecule has 2 N–H and O–H groups in total. The lowest BCUT2D eigenvalue weighted by Gasteiger charge is -2.19. The summed E-state index contributed by atoms with van der Waals surface area (Å²) in [5, 5.41) is 5.16. The molecular formula is C19H31N3O6. The molecule has 28 heavy (non-hydrogen) atoms. The van der Waals surface area contributed by atoms with Gasteiger partial charge in [-0.25, -0.2) is 0 Å². The van der Waals surface area contributed by atoms with Crippen LogP contribution in [0.15, 0.2) is 12.2 Å². The number of aldehydes is 1. The summed E-state index contributed by atoms with van der Waals surface area (Å²) in [6, 6.07) is 0. The summed E-state index contributed by atoms with van der Waals surface area (Å²) < 4.78 is 4.98. The third-order valence-electron chi connectivity index (χ3n) is 3.31. The van der Waals surface area contributed by atoms with Crippen LogP contribution in [-0.4, -0.2) is 67.2 Å². The molecule has 0 saturated heterocycles. The Morgan fingerprint density at radius 3 is 2.21 bits per heavy atom. The summed E-state index contributed by atoms with van der Waals surface area (Å²) >= 11 is 0. The maximum Gasteiger partial charge on any atom is 0.320 e. The van der Waals surface area contributed by atoms with Gasteiger partial charge in [-0.05, 0) is 40.7 Å².